The van der Waals surface area contributed by atoms with E-state index in [-0.39, 0.29) is 5.91 Å². The summed E-state index contributed by atoms with van der Waals surface area (Å²) < 4.78 is 6.39. The van der Waals surface area contributed by atoms with E-state index in [1.165, 1.54) is 0 Å². The van der Waals surface area contributed by atoms with Gasteiger partial charge in [0.05, 0.1) is 12.1 Å². The van der Waals surface area contributed by atoms with Gasteiger partial charge < -0.3 is 9.64 Å². The molecular formula is C15H13BrN2O2. The summed E-state index contributed by atoms with van der Waals surface area (Å²) in [6.45, 7) is 1.64. The molecule has 0 N–H and O–H groups in total. The maximum absolute atomic E-state index is 12.5. The molecule has 5 heteroatoms. The number of fused-ring (bicyclic) bond motifs is 1. The van der Waals surface area contributed by atoms with Gasteiger partial charge in [0, 0.05) is 18.3 Å². The molecule has 0 atom stereocenters. The summed E-state index contributed by atoms with van der Waals surface area (Å²) in [5, 5.41) is 0. The van der Waals surface area contributed by atoms with E-state index in [2.05, 4.69) is 20.9 Å². The number of hydrogen-bond acceptors (Lipinski definition) is 3. The molecule has 1 aromatic carbocycles. The van der Waals surface area contributed by atoms with Crippen LogP contribution in [0.4, 0.5) is 0 Å². The Bertz CT molecular complexity index is 628. The molecule has 2 aromatic rings. The highest BCUT2D eigenvalue weighted by atomic mass is 79.9. The van der Waals surface area contributed by atoms with Crippen molar-refractivity contribution in [2.24, 2.45) is 0 Å². The zero-order valence-corrected chi connectivity index (χ0v) is 12.3. The average Bonchev–Trinajstić information content (AvgIpc) is 2.69. The number of pyridine rings is 1. The highest BCUT2D eigenvalue weighted by Gasteiger charge is 2.20. The molecule has 1 aliphatic heterocycles. The Kier molecular flexibility index (Phi) is 3.69. The van der Waals surface area contributed by atoms with Crippen LogP contribution in [0, 0.1) is 0 Å². The molecule has 4 nitrogen and oxygen atoms in total. The van der Waals surface area contributed by atoms with Crippen molar-refractivity contribution in [1.29, 1.82) is 0 Å². The SMILES string of the molecule is O=C(c1ccc(Br)nc1)N1CCOc2ccccc2C1. The van der Waals surface area contributed by atoms with Gasteiger partial charge in [0.25, 0.3) is 5.91 Å². The van der Waals surface area contributed by atoms with Gasteiger partial charge in [-0.15, -0.1) is 0 Å². The number of halogens is 1. The monoisotopic (exact) mass is 332 g/mol. The number of benzene rings is 1. The van der Waals surface area contributed by atoms with Crippen molar-refractivity contribution in [3.05, 3.63) is 58.3 Å². The first-order valence-corrected chi connectivity index (χ1v) is 7.15. The quantitative estimate of drug-likeness (QED) is 0.754. The van der Waals surface area contributed by atoms with Gasteiger partial charge in [-0.1, -0.05) is 18.2 Å². The topological polar surface area (TPSA) is 42.4 Å². The molecule has 2 heterocycles. The highest BCUT2D eigenvalue weighted by molar-refractivity contribution is 9.10. The minimum absolute atomic E-state index is 0.0229. The van der Waals surface area contributed by atoms with Crippen LogP contribution in [0.2, 0.25) is 0 Å². The van der Waals surface area contributed by atoms with Crippen molar-refractivity contribution in [3.8, 4) is 5.75 Å². The first-order chi connectivity index (χ1) is 9.74. The van der Waals surface area contributed by atoms with Crippen LogP contribution < -0.4 is 4.74 Å². The predicted molar refractivity (Wildman–Crippen MR) is 78.6 cm³/mol. The molecule has 0 fully saturated rings. The van der Waals surface area contributed by atoms with Crippen LogP contribution in [-0.2, 0) is 6.54 Å². The zero-order valence-electron chi connectivity index (χ0n) is 10.8. The third-order valence-corrected chi connectivity index (χ3v) is 3.68. The van der Waals surface area contributed by atoms with Crippen molar-refractivity contribution in [2.75, 3.05) is 13.2 Å². The number of ether oxygens (including phenoxy) is 1. The smallest absolute Gasteiger partial charge is 0.255 e. The van der Waals surface area contributed by atoms with Crippen LogP contribution in [0.5, 0.6) is 5.75 Å². The Balaban J connectivity index is 1.84. The van der Waals surface area contributed by atoms with Gasteiger partial charge in [-0.25, -0.2) is 4.98 Å². The number of carbonyl (C=O) groups excluding carboxylic acids is 1. The normalized spacial score (nSPS) is 14.2. The molecule has 0 bridgehead atoms. The molecule has 3 rings (SSSR count). The van der Waals surface area contributed by atoms with Crippen LogP contribution in [0.3, 0.4) is 0 Å². The van der Waals surface area contributed by atoms with E-state index in [0.29, 0.717) is 25.3 Å². The summed E-state index contributed by atoms with van der Waals surface area (Å²) in [4.78, 5) is 18.4. The molecule has 1 aromatic heterocycles. The summed E-state index contributed by atoms with van der Waals surface area (Å²) in [7, 11) is 0. The Labute approximate surface area is 125 Å². The number of para-hydroxylation sites is 1. The average molecular weight is 333 g/mol. The van der Waals surface area contributed by atoms with Crippen LogP contribution >= 0.6 is 15.9 Å². The Morgan fingerprint density at radius 3 is 2.90 bits per heavy atom. The standard InChI is InChI=1S/C15H13BrN2O2/c16-14-6-5-11(9-17-14)15(19)18-7-8-20-13-4-2-1-3-12(13)10-18/h1-6,9H,7-8,10H2. The van der Waals surface area contributed by atoms with Gasteiger partial charge >= 0.3 is 0 Å². The molecule has 1 aliphatic rings. The Morgan fingerprint density at radius 2 is 2.10 bits per heavy atom. The third kappa shape index (κ3) is 2.67. The third-order valence-electron chi connectivity index (χ3n) is 3.21. The molecule has 0 saturated heterocycles. The molecule has 0 aliphatic carbocycles. The van der Waals surface area contributed by atoms with Crippen molar-refractivity contribution in [2.45, 2.75) is 6.54 Å². The number of rotatable bonds is 1. The van der Waals surface area contributed by atoms with Gasteiger partial charge in [-0.2, -0.15) is 0 Å². The van der Waals surface area contributed by atoms with Crippen LogP contribution in [0.25, 0.3) is 0 Å². The van der Waals surface area contributed by atoms with Gasteiger partial charge in [0.15, 0.2) is 0 Å². The number of carbonyl (C=O) groups is 1. The van der Waals surface area contributed by atoms with Gasteiger partial charge in [-0.05, 0) is 34.1 Å². The molecule has 0 radical (unpaired) electrons. The summed E-state index contributed by atoms with van der Waals surface area (Å²) >= 11 is 3.27. The van der Waals surface area contributed by atoms with Crippen molar-refractivity contribution >= 4 is 21.8 Å². The Hall–Kier alpha value is -1.88. The van der Waals surface area contributed by atoms with Crippen molar-refractivity contribution in [1.82, 2.24) is 9.88 Å². The van der Waals surface area contributed by atoms with Gasteiger partial charge in [0.2, 0.25) is 0 Å². The minimum atomic E-state index is -0.0229. The first kappa shape index (κ1) is 13.1. The first-order valence-electron chi connectivity index (χ1n) is 6.35. The summed E-state index contributed by atoms with van der Waals surface area (Å²) in [6, 6.07) is 11.4. The number of amides is 1. The number of nitrogens with zero attached hydrogens (tertiary/aromatic N) is 2. The van der Waals surface area contributed by atoms with Crippen molar-refractivity contribution in [3.63, 3.8) is 0 Å². The lowest BCUT2D eigenvalue weighted by Gasteiger charge is -2.19. The molecule has 0 unspecified atom stereocenters. The number of hydrogen-bond donors (Lipinski definition) is 0. The second-order valence-corrected chi connectivity index (χ2v) is 5.36. The molecule has 20 heavy (non-hydrogen) atoms. The van der Waals surface area contributed by atoms with E-state index < -0.39 is 0 Å². The lowest BCUT2D eigenvalue weighted by atomic mass is 10.1. The second kappa shape index (κ2) is 5.63. The van der Waals surface area contributed by atoms with E-state index >= 15 is 0 Å². The van der Waals surface area contributed by atoms with Gasteiger partial charge in [-0.3, -0.25) is 4.79 Å². The lowest BCUT2D eigenvalue weighted by molar-refractivity contribution is 0.0733. The predicted octanol–water partition coefficient (Wildman–Crippen LogP) is 2.88. The number of aromatic nitrogens is 1. The fourth-order valence-electron chi connectivity index (χ4n) is 2.18. The Morgan fingerprint density at radius 1 is 1.25 bits per heavy atom. The van der Waals surface area contributed by atoms with Crippen molar-refractivity contribution < 1.29 is 9.53 Å². The minimum Gasteiger partial charge on any atom is -0.491 e. The molecule has 0 spiro atoms. The molecule has 102 valence electrons. The van der Waals surface area contributed by atoms with E-state index in [1.807, 2.05) is 24.3 Å². The summed E-state index contributed by atoms with van der Waals surface area (Å²) in [5.41, 5.74) is 1.62. The van der Waals surface area contributed by atoms with E-state index in [0.717, 1.165) is 15.9 Å². The fourth-order valence-corrected chi connectivity index (χ4v) is 2.42. The maximum atomic E-state index is 12.5. The summed E-state index contributed by atoms with van der Waals surface area (Å²) in [5.74, 6) is 0.835. The zero-order chi connectivity index (χ0) is 13.9. The van der Waals surface area contributed by atoms with E-state index in [4.69, 9.17) is 4.74 Å². The molecule has 0 saturated carbocycles. The van der Waals surface area contributed by atoms with E-state index in [9.17, 15) is 4.79 Å². The molecular weight excluding hydrogens is 320 g/mol. The fraction of sp³-hybridized carbons (Fsp3) is 0.200. The van der Waals surface area contributed by atoms with Crippen LogP contribution in [0.1, 0.15) is 15.9 Å². The van der Waals surface area contributed by atoms with Gasteiger partial charge in [0.1, 0.15) is 17.0 Å². The largest absolute Gasteiger partial charge is 0.491 e. The van der Waals surface area contributed by atoms with Crippen LogP contribution in [0.15, 0.2) is 47.2 Å². The lowest BCUT2D eigenvalue weighted by Crippen LogP contribution is -2.32. The summed E-state index contributed by atoms with van der Waals surface area (Å²) in [6.07, 6.45) is 1.59. The molecule has 1 amide bonds. The van der Waals surface area contributed by atoms with E-state index in [1.54, 1.807) is 23.2 Å². The maximum Gasteiger partial charge on any atom is 0.255 e. The van der Waals surface area contributed by atoms with Crippen LogP contribution in [-0.4, -0.2) is 28.9 Å². The highest BCUT2D eigenvalue weighted by Crippen LogP contribution is 2.23. The second-order valence-electron chi connectivity index (χ2n) is 4.55.